The predicted molar refractivity (Wildman–Crippen MR) is 80.1 cm³/mol. The molecule has 0 saturated heterocycles. The minimum atomic E-state index is -0.970. The van der Waals surface area contributed by atoms with Crippen LogP contribution < -0.4 is 5.32 Å². The Morgan fingerprint density at radius 3 is 2.48 bits per heavy atom. The molecular weight excluding hydrogens is 266 g/mol. The van der Waals surface area contributed by atoms with E-state index in [1.807, 2.05) is 6.92 Å². The van der Waals surface area contributed by atoms with Gasteiger partial charge in [-0.15, -0.1) is 0 Å². The number of carboxylic acid groups (broad SMARTS) is 1. The van der Waals surface area contributed by atoms with Crippen LogP contribution >= 0.6 is 0 Å². The van der Waals surface area contributed by atoms with E-state index < -0.39 is 11.5 Å². The van der Waals surface area contributed by atoms with Gasteiger partial charge in [0.15, 0.2) is 0 Å². The number of carbonyl (C=O) groups is 1. The van der Waals surface area contributed by atoms with Gasteiger partial charge in [-0.2, -0.15) is 5.26 Å². The molecule has 1 aliphatic carbocycles. The van der Waals surface area contributed by atoms with E-state index in [1.165, 1.54) is 0 Å². The summed E-state index contributed by atoms with van der Waals surface area (Å²) in [5.74, 6) is -0.833. The van der Waals surface area contributed by atoms with Gasteiger partial charge in [-0.3, -0.25) is 4.98 Å². The third-order valence-electron chi connectivity index (χ3n) is 4.18. The van der Waals surface area contributed by atoms with Crippen molar-refractivity contribution >= 4 is 11.7 Å². The SMILES string of the molecule is Cc1cc(NC2(C(=O)O)CCCCCC2)c(C#N)c(C)n1. The van der Waals surface area contributed by atoms with Crippen molar-refractivity contribution in [2.75, 3.05) is 5.32 Å². The number of nitrogens with zero attached hydrogens (tertiary/aromatic N) is 2. The highest BCUT2D eigenvalue weighted by Gasteiger charge is 2.39. The van der Waals surface area contributed by atoms with Gasteiger partial charge in [0.25, 0.3) is 0 Å². The van der Waals surface area contributed by atoms with Crippen molar-refractivity contribution in [3.05, 3.63) is 23.0 Å². The largest absolute Gasteiger partial charge is 0.480 e. The molecule has 5 heteroatoms. The van der Waals surface area contributed by atoms with Crippen LogP contribution in [0.25, 0.3) is 0 Å². The van der Waals surface area contributed by atoms with E-state index >= 15 is 0 Å². The minimum absolute atomic E-state index is 0.436. The lowest BCUT2D eigenvalue weighted by molar-refractivity contribution is -0.142. The maximum atomic E-state index is 11.8. The number of nitriles is 1. The van der Waals surface area contributed by atoms with Crippen LogP contribution in [0.15, 0.2) is 6.07 Å². The minimum Gasteiger partial charge on any atom is -0.480 e. The molecule has 2 N–H and O–H groups in total. The van der Waals surface area contributed by atoms with E-state index in [1.54, 1.807) is 13.0 Å². The van der Waals surface area contributed by atoms with E-state index in [-0.39, 0.29) is 0 Å². The first-order valence-electron chi connectivity index (χ1n) is 7.38. The van der Waals surface area contributed by atoms with Crippen molar-refractivity contribution in [2.24, 2.45) is 0 Å². The van der Waals surface area contributed by atoms with Crippen LogP contribution in [0.5, 0.6) is 0 Å². The van der Waals surface area contributed by atoms with E-state index in [9.17, 15) is 15.2 Å². The van der Waals surface area contributed by atoms with Gasteiger partial charge in [-0.25, -0.2) is 4.79 Å². The summed E-state index contributed by atoms with van der Waals surface area (Å²) in [6.45, 7) is 3.62. The smallest absolute Gasteiger partial charge is 0.329 e. The number of carboxylic acids is 1. The Hall–Kier alpha value is -2.09. The van der Waals surface area contributed by atoms with E-state index in [2.05, 4.69) is 16.4 Å². The summed E-state index contributed by atoms with van der Waals surface area (Å²) in [7, 11) is 0. The third kappa shape index (κ3) is 3.15. The molecule has 1 fully saturated rings. The summed E-state index contributed by atoms with van der Waals surface area (Å²) in [5.41, 5.74) is 1.47. The third-order valence-corrected chi connectivity index (χ3v) is 4.18. The van der Waals surface area contributed by atoms with Crippen LogP contribution in [0.4, 0.5) is 5.69 Å². The average Bonchev–Trinajstić information content (AvgIpc) is 2.65. The first-order valence-corrected chi connectivity index (χ1v) is 7.38. The topological polar surface area (TPSA) is 86.0 Å². The van der Waals surface area contributed by atoms with Crippen molar-refractivity contribution in [3.8, 4) is 6.07 Å². The lowest BCUT2D eigenvalue weighted by atomic mass is 9.89. The Morgan fingerprint density at radius 1 is 1.33 bits per heavy atom. The molecule has 1 aliphatic rings. The van der Waals surface area contributed by atoms with Gasteiger partial charge >= 0.3 is 5.97 Å². The Bertz CT molecular complexity index is 582. The Labute approximate surface area is 125 Å². The summed E-state index contributed by atoms with van der Waals surface area (Å²) >= 11 is 0. The van der Waals surface area contributed by atoms with Gasteiger partial charge in [0.2, 0.25) is 0 Å². The van der Waals surface area contributed by atoms with Crippen LogP contribution in [0.1, 0.15) is 55.5 Å². The lowest BCUT2D eigenvalue weighted by Gasteiger charge is -2.31. The summed E-state index contributed by atoms with van der Waals surface area (Å²) in [6.07, 6.45) is 5.10. The monoisotopic (exact) mass is 287 g/mol. The normalized spacial score (nSPS) is 17.6. The molecule has 1 aromatic rings. The number of aryl methyl sites for hydroxylation is 2. The van der Waals surface area contributed by atoms with Gasteiger partial charge in [-0.05, 0) is 32.8 Å². The fraction of sp³-hybridized carbons (Fsp3) is 0.562. The molecular formula is C16H21N3O2. The second-order valence-electron chi connectivity index (χ2n) is 5.81. The standard InChI is InChI=1S/C16H21N3O2/c1-11-9-14(13(10-17)12(2)18-11)19-16(15(20)21)7-5-3-4-6-8-16/h9H,3-8H2,1-2H3,(H,18,19)(H,20,21). The Balaban J connectivity index is 2.42. The molecule has 5 nitrogen and oxygen atoms in total. The van der Waals surface area contributed by atoms with Crippen molar-refractivity contribution in [3.63, 3.8) is 0 Å². The molecule has 2 rings (SSSR count). The van der Waals surface area contributed by atoms with Crippen molar-refractivity contribution < 1.29 is 9.90 Å². The van der Waals surface area contributed by atoms with Crippen molar-refractivity contribution in [2.45, 2.75) is 57.9 Å². The van der Waals surface area contributed by atoms with Crippen LogP contribution in [-0.2, 0) is 4.79 Å². The zero-order valence-electron chi connectivity index (χ0n) is 12.6. The van der Waals surface area contributed by atoms with Crippen LogP contribution in [0.2, 0.25) is 0 Å². The molecule has 0 unspecified atom stereocenters. The second-order valence-corrected chi connectivity index (χ2v) is 5.81. The molecule has 0 spiro atoms. The summed E-state index contributed by atoms with van der Waals surface area (Å²) in [5, 5.41) is 22.2. The highest BCUT2D eigenvalue weighted by molar-refractivity contribution is 5.83. The predicted octanol–water partition coefficient (Wildman–Crippen LogP) is 3.16. The lowest BCUT2D eigenvalue weighted by Crippen LogP contribution is -2.46. The number of aliphatic carboxylic acids is 1. The number of rotatable bonds is 3. The van der Waals surface area contributed by atoms with E-state index in [4.69, 9.17) is 0 Å². The summed E-state index contributed by atoms with van der Waals surface area (Å²) in [4.78, 5) is 16.1. The van der Waals surface area contributed by atoms with Crippen LogP contribution in [0, 0.1) is 25.2 Å². The molecule has 0 aromatic carbocycles. The van der Waals surface area contributed by atoms with E-state index in [0.717, 1.165) is 31.4 Å². The second kappa shape index (κ2) is 6.13. The number of hydrogen-bond donors (Lipinski definition) is 2. The average molecular weight is 287 g/mol. The number of anilines is 1. The number of nitrogens with one attached hydrogen (secondary N) is 1. The molecule has 1 aromatic heterocycles. The van der Waals surface area contributed by atoms with Crippen LogP contribution in [0.3, 0.4) is 0 Å². The number of hydrogen-bond acceptors (Lipinski definition) is 4. The molecule has 0 aliphatic heterocycles. The Kier molecular flexibility index (Phi) is 4.46. The molecule has 112 valence electrons. The van der Waals surface area contributed by atoms with Gasteiger partial charge < -0.3 is 10.4 Å². The summed E-state index contributed by atoms with van der Waals surface area (Å²) < 4.78 is 0. The maximum absolute atomic E-state index is 11.8. The zero-order valence-corrected chi connectivity index (χ0v) is 12.6. The first-order chi connectivity index (χ1) is 9.98. The summed E-state index contributed by atoms with van der Waals surface area (Å²) in [6, 6.07) is 3.90. The van der Waals surface area contributed by atoms with Gasteiger partial charge in [0, 0.05) is 5.69 Å². The van der Waals surface area contributed by atoms with Crippen LogP contribution in [-0.4, -0.2) is 21.6 Å². The number of pyridine rings is 1. The molecule has 0 amide bonds. The fourth-order valence-electron chi connectivity index (χ4n) is 3.05. The van der Waals surface area contributed by atoms with Crippen molar-refractivity contribution in [1.29, 1.82) is 5.26 Å². The van der Waals surface area contributed by atoms with Gasteiger partial charge in [0.05, 0.1) is 16.9 Å². The van der Waals surface area contributed by atoms with Gasteiger partial charge in [-0.1, -0.05) is 25.7 Å². The highest BCUT2D eigenvalue weighted by atomic mass is 16.4. The molecule has 0 bridgehead atoms. The quantitative estimate of drug-likeness (QED) is 0.834. The fourth-order valence-corrected chi connectivity index (χ4v) is 3.05. The first kappa shape index (κ1) is 15.3. The number of aromatic nitrogens is 1. The highest BCUT2D eigenvalue weighted by Crippen LogP contribution is 2.32. The zero-order chi connectivity index (χ0) is 15.5. The maximum Gasteiger partial charge on any atom is 0.329 e. The molecule has 1 saturated carbocycles. The molecule has 0 atom stereocenters. The molecule has 21 heavy (non-hydrogen) atoms. The van der Waals surface area contributed by atoms with Gasteiger partial charge in [0.1, 0.15) is 11.6 Å². The molecule has 1 heterocycles. The molecule has 0 radical (unpaired) electrons. The Morgan fingerprint density at radius 2 is 1.95 bits per heavy atom. The van der Waals surface area contributed by atoms with Crippen molar-refractivity contribution in [1.82, 2.24) is 4.98 Å². The van der Waals surface area contributed by atoms with E-state index in [0.29, 0.717) is 29.8 Å².